The van der Waals surface area contributed by atoms with Crippen LogP contribution in [0.3, 0.4) is 0 Å². The maximum Gasteiger partial charge on any atom is 0.0868 e. The van der Waals surface area contributed by atoms with Crippen molar-refractivity contribution < 1.29 is 5.11 Å². The molecule has 0 atom stereocenters. The lowest BCUT2D eigenvalue weighted by Gasteiger charge is -2.03. The topological polar surface area (TPSA) is 33.1 Å². The van der Waals surface area contributed by atoms with Gasteiger partial charge >= 0.3 is 0 Å². The highest BCUT2D eigenvalue weighted by Gasteiger charge is 2.06. The number of rotatable bonds is 1. The lowest BCUT2D eigenvalue weighted by molar-refractivity contribution is 0.277. The number of hydrogen-bond donors (Lipinski definition) is 1. The summed E-state index contributed by atoms with van der Waals surface area (Å²) in [7, 11) is 0. The first-order chi connectivity index (χ1) is 5.16. The number of aliphatic hydroxyl groups excluding tert-OH is 1. The molecule has 0 saturated heterocycles. The van der Waals surface area contributed by atoms with Crippen LogP contribution >= 0.6 is 23.2 Å². The number of aliphatic hydroxyl groups is 1. The Kier molecular flexibility index (Phi) is 2.71. The van der Waals surface area contributed by atoms with Gasteiger partial charge in [-0.2, -0.15) is 0 Å². The van der Waals surface area contributed by atoms with Crippen molar-refractivity contribution in [3.63, 3.8) is 0 Å². The Hall–Kier alpha value is -0.310. The molecule has 4 heteroatoms. The van der Waals surface area contributed by atoms with Crippen molar-refractivity contribution in [3.05, 3.63) is 27.5 Å². The normalized spacial score (nSPS) is 10.2. The summed E-state index contributed by atoms with van der Waals surface area (Å²) in [5.74, 6) is 0. The van der Waals surface area contributed by atoms with Gasteiger partial charge < -0.3 is 5.11 Å². The van der Waals surface area contributed by atoms with E-state index in [1.54, 1.807) is 6.20 Å². The lowest BCUT2D eigenvalue weighted by Crippen LogP contribution is -1.92. The highest BCUT2D eigenvalue weighted by atomic mass is 35.5. The second kappa shape index (κ2) is 3.39. The summed E-state index contributed by atoms with van der Waals surface area (Å²) in [6.07, 6.45) is 1.58. The van der Waals surface area contributed by atoms with Crippen LogP contribution in [0.25, 0.3) is 0 Å². The summed E-state index contributed by atoms with van der Waals surface area (Å²) >= 11 is 11.5. The van der Waals surface area contributed by atoms with E-state index in [1.807, 2.05) is 6.92 Å². The molecule has 0 aliphatic carbocycles. The Bertz CT molecular complexity index is 275. The maximum atomic E-state index is 8.73. The molecule has 1 aromatic heterocycles. The van der Waals surface area contributed by atoms with E-state index in [0.717, 1.165) is 5.56 Å². The monoisotopic (exact) mass is 191 g/mol. The van der Waals surface area contributed by atoms with E-state index < -0.39 is 0 Å². The van der Waals surface area contributed by atoms with Crippen LogP contribution in [-0.2, 0) is 6.61 Å². The molecular weight excluding hydrogens is 185 g/mol. The molecule has 1 N–H and O–H groups in total. The first kappa shape index (κ1) is 8.78. The van der Waals surface area contributed by atoms with Gasteiger partial charge in [-0.25, -0.2) is 0 Å². The van der Waals surface area contributed by atoms with Gasteiger partial charge in [0.25, 0.3) is 0 Å². The summed E-state index contributed by atoms with van der Waals surface area (Å²) in [5, 5.41) is 9.53. The molecule has 0 amide bonds. The van der Waals surface area contributed by atoms with Gasteiger partial charge in [0.2, 0.25) is 0 Å². The van der Waals surface area contributed by atoms with E-state index in [-0.39, 0.29) is 6.61 Å². The predicted molar refractivity (Wildman–Crippen MR) is 44.9 cm³/mol. The van der Waals surface area contributed by atoms with E-state index in [2.05, 4.69) is 4.98 Å². The van der Waals surface area contributed by atoms with E-state index >= 15 is 0 Å². The molecule has 0 fully saturated rings. The van der Waals surface area contributed by atoms with Crippen molar-refractivity contribution >= 4 is 23.2 Å². The molecule has 60 valence electrons. The molecule has 0 radical (unpaired) electrons. The van der Waals surface area contributed by atoms with E-state index in [4.69, 9.17) is 28.3 Å². The van der Waals surface area contributed by atoms with Gasteiger partial charge in [-0.05, 0) is 12.5 Å². The van der Waals surface area contributed by atoms with Crippen LogP contribution in [0.2, 0.25) is 10.0 Å². The summed E-state index contributed by atoms with van der Waals surface area (Å²) in [4.78, 5) is 3.89. The molecule has 2 nitrogen and oxygen atoms in total. The highest BCUT2D eigenvalue weighted by Crippen LogP contribution is 2.26. The fourth-order valence-corrected chi connectivity index (χ4v) is 1.11. The molecule has 0 aromatic carbocycles. The Balaban J connectivity index is 3.25. The third-order valence-corrected chi connectivity index (χ3v) is 2.35. The minimum Gasteiger partial charge on any atom is -0.390 e. The molecule has 1 rings (SSSR count). The molecule has 0 aliphatic heterocycles. The first-order valence-electron chi connectivity index (χ1n) is 3.07. The number of aryl methyl sites for hydroxylation is 1. The van der Waals surface area contributed by atoms with Crippen molar-refractivity contribution in [2.75, 3.05) is 0 Å². The summed E-state index contributed by atoms with van der Waals surface area (Å²) in [5.41, 5.74) is 1.23. The largest absolute Gasteiger partial charge is 0.390 e. The molecule has 11 heavy (non-hydrogen) atoms. The van der Waals surface area contributed by atoms with Crippen LogP contribution < -0.4 is 0 Å². The third kappa shape index (κ3) is 1.64. The van der Waals surface area contributed by atoms with Crippen LogP contribution in [0.1, 0.15) is 11.3 Å². The van der Waals surface area contributed by atoms with Gasteiger partial charge in [-0.15, -0.1) is 0 Å². The average Bonchev–Trinajstić information content (AvgIpc) is 2.01. The fourth-order valence-electron chi connectivity index (χ4n) is 0.698. The molecular formula is C7H7Cl2NO. The highest BCUT2D eigenvalue weighted by molar-refractivity contribution is 6.42. The van der Waals surface area contributed by atoms with E-state index in [0.29, 0.717) is 15.7 Å². The van der Waals surface area contributed by atoms with Crippen molar-refractivity contribution in [1.29, 1.82) is 0 Å². The number of halogens is 2. The van der Waals surface area contributed by atoms with Gasteiger partial charge in [0.15, 0.2) is 0 Å². The molecule has 1 aromatic rings. The van der Waals surface area contributed by atoms with Gasteiger partial charge in [-0.1, -0.05) is 23.2 Å². The quantitative estimate of drug-likeness (QED) is 0.739. The molecule has 0 spiro atoms. The van der Waals surface area contributed by atoms with Crippen molar-refractivity contribution in [1.82, 2.24) is 4.98 Å². The molecule has 0 unspecified atom stereocenters. The minimum atomic E-state index is -0.182. The second-order valence-corrected chi connectivity index (χ2v) is 2.93. The second-order valence-electron chi connectivity index (χ2n) is 2.17. The van der Waals surface area contributed by atoms with Crippen LogP contribution in [0, 0.1) is 6.92 Å². The van der Waals surface area contributed by atoms with Crippen LogP contribution in [-0.4, -0.2) is 10.1 Å². The van der Waals surface area contributed by atoms with E-state index in [9.17, 15) is 0 Å². The average molecular weight is 192 g/mol. The number of hydrogen-bond acceptors (Lipinski definition) is 2. The predicted octanol–water partition coefficient (Wildman–Crippen LogP) is 2.19. The Labute approximate surface area is 74.8 Å². The minimum absolute atomic E-state index is 0.182. The standard InChI is InChI=1S/C7H7Cl2NO/c1-4-2-10-5(3-11)7(9)6(4)8/h2,11H,3H2,1H3. The van der Waals surface area contributed by atoms with Crippen LogP contribution in [0.15, 0.2) is 6.20 Å². The third-order valence-electron chi connectivity index (χ3n) is 1.36. The van der Waals surface area contributed by atoms with Gasteiger partial charge in [-0.3, -0.25) is 4.98 Å². The van der Waals surface area contributed by atoms with Crippen molar-refractivity contribution in [3.8, 4) is 0 Å². The first-order valence-corrected chi connectivity index (χ1v) is 3.82. The number of aromatic nitrogens is 1. The van der Waals surface area contributed by atoms with E-state index in [1.165, 1.54) is 0 Å². The van der Waals surface area contributed by atoms with Crippen molar-refractivity contribution in [2.24, 2.45) is 0 Å². The smallest absolute Gasteiger partial charge is 0.0868 e. The fraction of sp³-hybridized carbons (Fsp3) is 0.286. The number of nitrogens with zero attached hydrogens (tertiary/aromatic N) is 1. The zero-order valence-electron chi connectivity index (χ0n) is 5.93. The van der Waals surface area contributed by atoms with Crippen molar-refractivity contribution in [2.45, 2.75) is 13.5 Å². The van der Waals surface area contributed by atoms with Crippen LogP contribution in [0.5, 0.6) is 0 Å². The van der Waals surface area contributed by atoms with Crippen LogP contribution in [0.4, 0.5) is 0 Å². The molecule has 0 aliphatic rings. The Morgan fingerprint density at radius 3 is 2.64 bits per heavy atom. The Morgan fingerprint density at radius 2 is 2.09 bits per heavy atom. The molecule has 0 saturated carbocycles. The van der Waals surface area contributed by atoms with Gasteiger partial charge in [0.1, 0.15) is 0 Å². The Morgan fingerprint density at radius 1 is 1.45 bits per heavy atom. The summed E-state index contributed by atoms with van der Waals surface area (Å²) in [6.45, 7) is 1.63. The maximum absolute atomic E-state index is 8.73. The number of pyridine rings is 1. The zero-order valence-corrected chi connectivity index (χ0v) is 7.45. The molecule has 0 bridgehead atoms. The summed E-state index contributed by atoms with van der Waals surface area (Å²) in [6, 6.07) is 0. The summed E-state index contributed by atoms with van der Waals surface area (Å²) < 4.78 is 0. The zero-order chi connectivity index (χ0) is 8.43. The molecule has 1 heterocycles. The van der Waals surface area contributed by atoms with Gasteiger partial charge in [0, 0.05) is 6.20 Å². The van der Waals surface area contributed by atoms with Gasteiger partial charge in [0.05, 0.1) is 22.3 Å². The lowest BCUT2D eigenvalue weighted by atomic mass is 10.3. The SMILES string of the molecule is Cc1cnc(CO)c(Cl)c1Cl.